The lowest BCUT2D eigenvalue weighted by atomic mass is 10.2. The summed E-state index contributed by atoms with van der Waals surface area (Å²) in [4.78, 5) is 4.17. The van der Waals surface area contributed by atoms with Crippen LogP contribution in [0.5, 0.6) is 0 Å². The first-order valence-electron chi connectivity index (χ1n) is 5.83. The fraction of sp³-hybridized carbons (Fsp3) is 0.462. The van der Waals surface area contributed by atoms with Gasteiger partial charge in [0, 0.05) is 17.4 Å². The summed E-state index contributed by atoms with van der Waals surface area (Å²) in [5.74, 6) is -0.528. The molecule has 19 heavy (non-hydrogen) atoms. The number of benzene rings is 1. The van der Waals surface area contributed by atoms with E-state index in [0.29, 0.717) is 17.9 Å². The van der Waals surface area contributed by atoms with E-state index in [2.05, 4.69) is 18.8 Å². The Kier molecular flexibility index (Phi) is 4.06. The Hall–Kier alpha value is -0.810. The highest BCUT2D eigenvalue weighted by atomic mass is 35.5. The van der Waals surface area contributed by atoms with Crippen LogP contribution in [0.1, 0.15) is 19.7 Å². The van der Waals surface area contributed by atoms with Crippen molar-refractivity contribution >= 4 is 34.4 Å². The molecule has 0 saturated carbocycles. The van der Waals surface area contributed by atoms with E-state index in [4.69, 9.17) is 11.6 Å². The molecule has 2 aromatic rings. The first kappa shape index (κ1) is 14.6. The third-order valence-corrected chi connectivity index (χ3v) is 4.54. The van der Waals surface area contributed by atoms with E-state index in [-0.39, 0.29) is 16.1 Å². The molecular formula is C13H15ClF2N2S. The van der Waals surface area contributed by atoms with Crippen molar-refractivity contribution in [3.63, 3.8) is 0 Å². The predicted molar refractivity (Wildman–Crippen MR) is 76.8 cm³/mol. The molecule has 0 aliphatic heterocycles. The SMILES string of the molecule is CSC(C)(C)Cn1c(CCl)nc2c(F)cc(F)cc21. The van der Waals surface area contributed by atoms with Crippen LogP contribution in [0, 0.1) is 11.6 Å². The molecule has 1 aromatic carbocycles. The zero-order valence-electron chi connectivity index (χ0n) is 11.0. The van der Waals surface area contributed by atoms with Crippen LogP contribution in [0.4, 0.5) is 8.78 Å². The number of aromatic nitrogens is 2. The molecule has 0 bridgehead atoms. The summed E-state index contributed by atoms with van der Waals surface area (Å²) < 4.78 is 28.8. The van der Waals surface area contributed by atoms with Gasteiger partial charge in [-0.2, -0.15) is 11.8 Å². The quantitative estimate of drug-likeness (QED) is 0.788. The summed E-state index contributed by atoms with van der Waals surface area (Å²) in [6, 6.07) is 2.15. The largest absolute Gasteiger partial charge is 0.325 e. The molecule has 1 heterocycles. The van der Waals surface area contributed by atoms with Crippen LogP contribution in [-0.4, -0.2) is 20.6 Å². The number of thioether (sulfide) groups is 1. The normalized spacial score (nSPS) is 12.3. The van der Waals surface area contributed by atoms with Gasteiger partial charge in [0.05, 0.1) is 11.4 Å². The summed E-state index contributed by atoms with van der Waals surface area (Å²) >= 11 is 7.54. The Morgan fingerprint density at radius 3 is 2.63 bits per heavy atom. The second-order valence-electron chi connectivity index (χ2n) is 4.97. The highest BCUT2D eigenvalue weighted by Gasteiger charge is 2.22. The van der Waals surface area contributed by atoms with Gasteiger partial charge in [-0.3, -0.25) is 0 Å². The second-order valence-corrected chi connectivity index (χ2v) is 6.75. The van der Waals surface area contributed by atoms with Gasteiger partial charge in [0.15, 0.2) is 5.82 Å². The van der Waals surface area contributed by atoms with Crippen molar-refractivity contribution in [3.05, 3.63) is 29.6 Å². The van der Waals surface area contributed by atoms with Gasteiger partial charge >= 0.3 is 0 Å². The van der Waals surface area contributed by atoms with Crippen molar-refractivity contribution in [1.29, 1.82) is 0 Å². The van der Waals surface area contributed by atoms with Crippen LogP contribution in [-0.2, 0) is 12.4 Å². The van der Waals surface area contributed by atoms with Gasteiger partial charge in [0.25, 0.3) is 0 Å². The van der Waals surface area contributed by atoms with Crippen molar-refractivity contribution in [2.45, 2.75) is 31.0 Å². The molecule has 0 saturated heterocycles. The lowest BCUT2D eigenvalue weighted by Gasteiger charge is -2.24. The summed E-state index contributed by atoms with van der Waals surface area (Å²) in [6.45, 7) is 4.73. The Balaban J connectivity index is 2.63. The molecule has 104 valence electrons. The van der Waals surface area contributed by atoms with Gasteiger partial charge in [-0.25, -0.2) is 13.8 Å². The van der Waals surface area contributed by atoms with Gasteiger partial charge in [0.1, 0.15) is 17.2 Å². The van der Waals surface area contributed by atoms with Crippen LogP contribution >= 0.6 is 23.4 Å². The first-order valence-corrected chi connectivity index (χ1v) is 7.59. The lowest BCUT2D eigenvalue weighted by molar-refractivity contribution is 0.563. The molecule has 2 nitrogen and oxygen atoms in total. The van der Waals surface area contributed by atoms with Crippen LogP contribution in [0.15, 0.2) is 12.1 Å². The molecular weight excluding hydrogens is 290 g/mol. The zero-order valence-corrected chi connectivity index (χ0v) is 12.6. The lowest BCUT2D eigenvalue weighted by Crippen LogP contribution is -2.23. The van der Waals surface area contributed by atoms with Gasteiger partial charge in [-0.15, -0.1) is 11.6 Å². The Morgan fingerprint density at radius 2 is 2.05 bits per heavy atom. The Bertz CT molecular complexity index is 610. The number of imidazole rings is 1. The maximum atomic E-state index is 13.7. The fourth-order valence-corrected chi connectivity index (χ4v) is 2.38. The Labute approximate surface area is 120 Å². The third-order valence-electron chi connectivity index (χ3n) is 3.06. The molecule has 0 spiro atoms. The number of nitrogens with zero attached hydrogens (tertiary/aromatic N) is 2. The highest BCUT2D eigenvalue weighted by Crippen LogP contribution is 2.28. The van der Waals surface area contributed by atoms with E-state index < -0.39 is 11.6 Å². The minimum Gasteiger partial charge on any atom is -0.325 e. The molecule has 0 amide bonds. The van der Waals surface area contributed by atoms with Crippen LogP contribution < -0.4 is 0 Å². The van der Waals surface area contributed by atoms with Crippen LogP contribution in [0.3, 0.4) is 0 Å². The number of hydrogen-bond donors (Lipinski definition) is 0. The molecule has 0 atom stereocenters. The van der Waals surface area contributed by atoms with Crippen molar-refractivity contribution in [3.8, 4) is 0 Å². The molecule has 1 aromatic heterocycles. The summed E-state index contributed by atoms with van der Waals surface area (Å²) in [5.41, 5.74) is 0.629. The molecule has 0 aliphatic carbocycles. The average molecular weight is 305 g/mol. The van der Waals surface area contributed by atoms with Crippen molar-refractivity contribution in [2.75, 3.05) is 6.26 Å². The number of fused-ring (bicyclic) bond motifs is 1. The topological polar surface area (TPSA) is 17.8 Å². The van der Waals surface area contributed by atoms with E-state index in [1.165, 1.54) is 6.07 Å². The summed E-state index contributed by atoms with van der Waals surface area (Å²) in [5, 5.41) is 0. The zero-order chi connectivity index (χ0) is 14.2. The Morgan fingerprint density at radius 1 is 1.37 bits per heavy atom. The number of halogens is 3. The molecule has 0 fully saturated rings. The van der Waals surface area contributed by atoms with E-state index in [1.807, 2.05) is 6.26 Å². The standard InChI is InChI=1S/C13H15ClF2N2S/c1-13(2,19-3)7-18-10-5-8(15)4-9(16)12(10)17-11(18)6-14/h4-5H,6-7H2,1-3H3. The molecule has 0 aliphatic rings. The van der Waals surface area contributed by atoms with E-state index in [0.717, 1.165) is 6.07 Å². The number of alkyl halides is 1. The van der Waals surface area contributed by atoms with Gasteiger partial charge in [0.2, 0.25) is 0 Å². The maximum absolute atomic E-state index is 13.7. The minimum absolute atomic E-state index is 0.0722. The first-order chi connectivity index (χ1) is 8.88. The highest BCUT2D eigenvalue weighted by molar-refractivity contribution is 7.99. The maximum Gasteiger partial charge on any atom is 0.153 e. The van der Waals surface area contributed by atoms with E-state index in [1.54, 1.807) is 16.3 Å². The summed E-state index contributed by atoms with van der Waals surface area (Å²) in [7, 11) is 0. The van der Waals surface area contributed by atoms with Gasteiger partial charge in [-0.1, -0.05) is 0 Å². The van der Waals surface area contributed by atoms with Crippen LogP contribution in [0.25, 0.3) is 11.0 Å². The summed E-state index contributed by atoms with van der Waals surface area (Å²) in [6.07, 6.45) is 2.00. The van der Waals surface area contributed by atoms with Crippen LogP contribution in [0.2, 0.25) is 0 Å². The number of rotatable bonds is 4. The molecule has 6 heteroatoms. The molecule has 0 unspecified atom stereocenters. The molecule has 0 N–H and O–H groups in total. The fourth-order valence-electron chi connectivity index (χ4n) is 1.92. The predicted octanol–water partition coefficient (Wildman–Crippen LogP) is 4.19. The molecule has 2 rings (SSSR count). The van der Waals surface area contributed by atoms with Crippen molar-refractivity contribution < 1.29 is 8.78 Å². The van der Waals surface area contributed by atoms with Crippen molar-refractivity contribution in [1.82, 2.24) is 9.55 Å². The minimum atomic E-state index is -0.651. The third kappa shape index (κ3) is 2.87. The van der Waals surface area contributed by atoms with Gasteiger partial charge < -0.3 is 4.57 Å². The van der Waals surface area contributed by atoms with Crippen molar-refractivity contribution in [2.24, 2.45) is 0 Å². The van der Waals surface area contributed by atoms with E-state index in [9.17, 15) is 8.78 Å². The average Bonchev–Trinajstić information content (AvgIpc) is 2.67. The molecule has 0 radical (unpaired) electrons. The monoisotopic (exact) mass is 304 g/mol. The smallest absolute Gasteiger partial charge is 0.153 e. The van der Waals surface area contributed by atoms with E-state index >= 15 is 0 Å². The van der Waals surface area contributed by atoms with Gasteiger partial charge in [-0.05, 0) is 26.2 Å². The second kappa shape index (κ2) is 5.29. The number of hydrogen-bond acceptors (Lipinski definition) is 2.